The zero-order chi connectivity index (χ0) is 14.6. The zero-order valence-corrected chi connectivity index (χ0v) is 12.1. The number of amides is 1. The molecule has 0 bridgehead atoms. The number of ether oxygens (including phenoxy) is 1. The monoisotopic (exact) mass is 274 g/mol. The van der Waals surface area contributed by atoms with E-state index in [-0.39, 0.29) is 12.0 Å². The van der Waals surface area contributed by atoms with Gasteiger partial charge in [-0.2, -0.15) is 0 Å². The topological polar surface area (TPSA) is 64.4 Å². The van der Waals surface area contributed by atoms with Gasteiger partial charge in [0.05, 0.1) is 18.2 Å². The highest BCUT2D eigenvalue weighted by Crippen LogP contribution is 2.24. The molecule has 20 heavy (non-hydrogen) atoms. The van der Waals surface area contributed by atoms with Crippen LogP contribution in [0.1, 0.15) is 32.3 Å². The van der Waals surface area contributed by atoms with E-state index in [1.54, 1.807) is 6.26 Å². The van der Waals surface area contributed by atoms with Crippen molar-refractivity contribution in [2.75, 3.05) is 11.9 Å². The number of hydrogen-bond acceptors (Lipinski definition) is 3. The Morgan fingerprint density at radius 1 is 1.40 bits per heavy atom. The van der Waals surface area contributed by atoms with Gasteiger partial charge in [-0.15, -0.1) is 0 Å². The molecule has 1 aliphatic rings. The molecule has 0 saturated heterocycles. The number of nitrogens with two attached hydrogens (primary N) is 1. The molecule has 0 aliphatic carbocycles. The van der Waals surface area contributed by atoms with Crippen molar-refractivity contribution in [3.8, 4) is 0 Å². The van der Waals surface area contributed by atoms with Crippen molar-refractivity contribution in [2.45, 2.75) is 38.2 Å². The molecule has 4 heteroatoms. The van der Waals surface area contributed by atoms with Crippen LogP contribution in [0.4, 0.5) is 5.69 Å². The van der Waals surface area contributed by atoms with Crippen LogP contribution < -0.4 is 11.1 Å². The summed E-state index contributed by atoms with van der Waals surface area (Å²) in [4.78, 5) is 11.4. The Bertz CT molecular complexity index is 492. The minimum Gasteiger partial charge on any atom is -0.497 e. The van der Waals surface area contributed by atoms with E-state index in [0.717, 1.165) is 30.6 Å². The molecule has 1 aromatic carbocycles. The summed E-state index contributed by atoms with van der Waals surface area (Å²) in [6, 6.07) is 7.82. The molecule has 0 saturated carbocycles. The Kier molecular flexibility index (Phi) is 4.32. The standard InChI is InChI=1S/C16H22N2O2/c1-16(2,15(17)19)12-6-8-13(9-7-12)18-11-14-5-3-4-10-20-14/h4,6-10,14,18H,3,5,11H2,1-2H3,(H2,17,19)/t14-/m1/s1. The lowest BCUT2D eigenvalue weighted by atomic mass is 9.84. The lowest BCUT2D eigenvalue weighted by molar-refractivity contribution is -0.122. The van der Waals surface area contributed by atoms with E-state index in [1.165, 1.54) is 0 Å². The molecule has 1 aliphatic heterocycles. The fraction of sp³-hybridized carbons (Fsp3) is 0.438. The van der Waals surface area contributed by atoms with Crippen LogP contribution in [-0.4, -0.2) is 18.6 Å². The highest BCUT2D eigenvalue weighted by atomic mass is 16.5. The minimum absolute atomic E-state index is 0.224. The number of carbonyl (C=O) groups is 1. The molecule has 4 nitrogen and oxygen atoms in total. The van der Waals surface area contributed by atoms with Crippen LogP contribution in [0.3, 0.4) is 0 Å². The first-order valence-corrected chi connectivity index (χ1v) is 6.95. The molecule has 2 rings (SSSR count). The van der Waals surface area contributed by atoms with Gasteiger partial charge in [0.15, 0.2) is 0 Å². The lowest BCUT2D eigenvalue weighted by Crippen LogP contribution is -2.35. The maximum Gasteiger partial charge on any atom is 0.227 e. The number of anilines is 1. The predicted octanol–water partition coefficient (Wildman–Crippen LogP) is 2.55. The molecule has 3 N–H and O–H groups in total. The number of nitrogens with one attached hydrogen (secondary N) is 1. The third kappa shape index (κ3) is 3.32. The van der Waals surface area contributed by atoms with Crippen molar-refractivity contribution in [3.63, 3.8) is 0 Å². The Morgan fingerprint density at radius 3 is 2.65 bits per heavy atom. The van der Waals surface area contributed by atoms with Gasteiger partial charge in [0.1, 0.15) is 6.10 Å². The van der Waals surface area contributed by atoms with Gasteiger partial charge < -0.3 is 15.8 Å². The summed E-state index contributed by atoms with van der Waals surface area (Å²) in [5.41, 5.74) is 6.72. The molecule has 1 amide bonds. The fourth-order valence-electron chi connectivity index (χ4n) is 2.11. The largest absolute Gasteiger partial charge is 0.497 e. The highest BCUT2D eigenvalue weighted by molar-refractivity contribution is 5.85. The molecular formula is C16H22N2O2. The molecule has 1 atom stereocenters. The summed E-state index contributed by atoms with van der Waals surface area (Å²) in [6.07, 6.45) is 6.14. The van der Waals surface area contributed by atoms with Crippen LogP contribution in [0.15, 0.2) is 36.6 Å². The van der Waals surface area contributed by atoms with Crippen molar-refractivity contribution in [3.05, 3.63) is 42.2 Å². The van der Waals surface area contributed by atoms with Crippen LogP contribution in [0.2, 0.25) is 0 Å². The molecule has 0 aromatic heterocycles. The number of carbonyl (C=O) groups excluding carboxylic acids is 1. The van der Waals surface area contributed by atoms with Crippen LogP contribution in [0.25, 0.3) is 0 Å². The third-order valence-corrected chi connectivity index (χ3v) is 3.78. The zero-order valence-electron chi connectivity index (χ0n) is 12.1. The SMILES string of the molecule is CC(C)(C(N)=O)c1ccc(NC[C@H]2CCC=CO2)cc1. The summed E-state index contributed by atoms with van der Waals surface area (Å²) in [7, 11) is 0. The third-order valence-electron chi connectivity index (χ3n) is 3.78. The molecular weight excluding hydrogens is 252 g/mol. The van der Waals surface area contributed by atoms with Crippen molar-refractivity contribution < 1.29 is 9.53 Å². The predicted molar refractivity (Wildman–Crippen MR) is 80.4 cm³/mol. The maximum absolute atomic E-state index is 11.4. The van der Waals surface area contributed by atoms with Crippen LogP contribution in [0.5, 0.6) is 0 Å². The normalized spacial score (nSPS) is 18.4. The van der Waals surface area contributed by atoms with Gasteiger partial charge in [0.25, 0.3) is 0 Å². The first-order valence-electron chi connectivity index (χ1n) is 6.95. The lowest BCUT2D eigenvalue weighted by Gasteiger charge is -2.22. The second kappa shape index (κ2) is 5.99. The van der Waals surface area contributed by atoms with Gasteiger partial charge in [-0.1, -0.05) is 12.1 Å². The van der Waals surface area contributed by atoms with Gasteiger partial charge in [0.2, 0.25) is 5.91 Å². The van der Waals surface area contributed by atoms with E-state index in [1.807, 2.05) is 44.2 Å². The molecule has 0 radical (unpaired) electrons. The summed E-state index contributed by atoms with van der Waals surface area (Å²) >= 11 is 0. The molecule has 108 valence electrons. The smallest absolute Gasteiger partial charge is 0.227 e. The number of allylic oxidation sites excluding steroid dienone is 1. The Morgan fingerprint density at radius 2 is 2.10 bits per heavy atom. The van der Waals surface area contributed by atoms with E-state index >= 15 is 0 Å². The Hall–Kier alpha value is -1.97. The van der Waals surface area contributed by atoms with Gasteiger partial charge in [0, 0.05) is 5.69 Å². The van der Waals surface area contributed by atoms with E-state index in [9.17, 15) is 4.79 Å². The van der Waals surface area contributed by atoms with Crippen molar-refractivity contribution in [2.24, 2.45) is 5.73 Å². The van der Waals surface area contributed by atoms with E-state index in [0.29, 0.717) is 0 Å². The van der Waals surface area contributed by atoms with Crippen molar-refractivity contribution >= 4 is 11.6 Å². The average molecular weight is 274 g/mol. The summed E-state index contributed by atoms with van der Waals surface area (Å²) in [6.45, 7) is 4.45. The van der Waals surface area contributed by atoms with E-state index < -0.39 is 5.41 Å². The number of hydrogen-bond donors (Lipinski definition) is 2. The molecule has 1 heterocycles. The van der Waals surface area contributed by atoms with Gasteiger partial charge >= 0.3 is 0 Å². The number of rotatable bonds is 5. The quantitative estimate of drug-likeness (QED) is 0.867. The number of primary amides is 1. The van der Waals surface area contributed by atoms with Gasteiger partial charge in [-0.25, -0.2) is 0 Å². The summed E-state index contributed by atoms with van der Waals surface area (Å²) < 4.78 is 5.50. The highest BCUT2D eigenvalue weighted by Gasteiger charge is 2.26. The maximum atomic E-state index is 11.4. The first-order chi connectivity index (χ1) is 9.50. The van der Waals surface area contributed by atoms with Crippen LogP contribution in [-0.2, 0) is 14.9 Å². The number of benzene rings is 1. The first kappa shape index (κ1) is 14.4. The molecule has 0 fully saturated rings. The van der Waals surface area contributed by atoms with E-state index in [4.69, 9.17) is 10.5 Å². The van der Waals surface area contributed by atoms with Gasteiger partial charge in [-0.05, 0) is 50.5 Å². The second-order valence-electron chi connectivity index (χ2n) is 5.65. The van der Waals surface area contributed by atoms with Crippen molar-refractivity contribution in [1.29, 1.82) is 0 Å². The second-order valence-corrected chi connectivity index (χ2v) is 5.65. The average Bonchev–Trinajstić information content (AvgIpc) is 2.46. The molecule has 1 aromatic rings. The van der Waals surface area contributed by atoms with Gasteiger partial charge in [-0.3, -0.25) is 4.79 Å². The van der Waals surface area contributed by atoms with Crippen LogP contribution in [0, 0.1) is 0 Å². The minimum atomic E-state index is -0.643. The molecule has 0 spiro atoms. The fourth-order valence-corrected chi connectivity index (χ4v) is 2.11. The van der Waals surface area contributed by atoms with E-state index in [2.05, 4.69) is 5.32 Å². The van der Waals surface area contributed by atoms with Crippen LogP contribution >= 0.6 is 0 Å². The Balaban J connectivity index is 1.94. The summed E-state index contributed by atoms with van der Waals surface area (Å²) in [5.74, 6) is -0.319. The Labute approximate surface area is 120 Å². The molecule has 0 unspecified atom stereocenters. The van der Waals surface area contributed by atoms with Crippen molar-refractivity contribution in [1.82, 2.24) is 0 Å². The summed E-state index contributed by atoms with van der Waals surface area (Å²) in [5, 5.41) is 3.35.